The summed E-state index contributed by atoms with van der Waals surface area (Å²) in [6.45, 7) is 3.35. The lowest BCUT2D eigenvalue weighted by Gasteiger charge is -2.35. The van der Waals surface area contributed by atoms with Crippen molar-refractivity contribution >= 4 is 5.97 Å². The fourth-order valence-corrected chi connectivity index (χ4v) is 1.41. The lowest BCUT2D eigenvalue weighted by Crippen LogP contribution is -3.00. The summed E-state index contributed by atoms with van der Waals surface area (Å²) in [5, 5.41) is 0. The van der Waals surface area contributed by atoms with E-state index in [2.05, 4.69) is 0 Å². The molecule has 1 atom stereocenters. The number of carbonyl (C=O) groups is 1. The Kier molecular flexibility index (Phi) is 3.32. The van der Waals surface area contributed by atoms with Crippen molar-refractivity contribution in [3.05, 3.63) is 0 Å². The van der Waals surface area contributed by atoms with E-state index in [1.807, 2.05) is 21.0 Å². The van der Waals surface area contributed by atoms with Gasteiger partial charge in [0.25, 0.3) is 0 Å². The molecule has 0 aromatic rings. The van der Waals surface area contributed by atoms with Crippen molar-refractivity contribution in [2.45, 2.75) is 13.0 Å². The van der Waals surface area contributed by atoms with E-state index in [1.165, 1.54) is 0 Å². The Hall–Kier alpha value is -0.280. The van der Waals surface area contributed by atoms with E-state index in [1.54, 1.807) is 0 Å². The average molecular weight is 180 g/mol. The number of cyclic esters (lactones) is 1. The highest BCUT2D eigenvalue weighted by Crippen LogP contribution is 2.09. The van der Waals surface area contributed by atoms with E-state index < -0.39 is 0 Å². The largest absolute Gasteiger partial charge is 1.00 e. The second-order valence-corrected chi connectivity index (χ2v) is 3.58. The fraction of sp³-hybridized carbons (Fsp3) is 0.857. The van der Waals surface area contributed by atoms with Crippen LogP contribution in [0.5, 0.6) is 0 Å². The third-order valence-corrected chi connectivity index (χ3v) is 1.64. The Morgan fingerprint density at radius 1 is 1.55 bits per heavy atom. The SMILES string of the molecule is CC1C[N+](C)(C)CC(=O)O1.[Cl-]. The first-order chi connectivity index (χ1) is 4.49. The van der Waals surface area contributed by atoms with E-state index in [4.69, 9.17) is 4.74 Å². The maximum atomic E-state index is 10.9. The molecule has 1 saturated heterocycles. The molecule has 0 spiro atoms. The number of ether oxygens (including phenoxy) is 1. The zero-order valence-electron chi connectivity index (χ0n) is 7.13. The van der Waals surface area contributed by atoms with Gasteiger partial charge in [0.2, 0.25) is 0 Å². The van der Waals surface area contributed by atoms with Gasteiger partial charge in [0.1, 0.15) is 12.6 Å². The number of morpholine rings is 1. The summed E-state index contributed by atoms with van der Waals surface area (Å²) in [4.78, 5) is 10.9. The number of carbonyl (C=O) groups excluding carboxylic acids is 1. The molecule has 66 valence electrons. The van der Waals surface area contributed by atoms with Crippen LogP contribution in [-0.2, 0) is 9.53 Å². The van der Waals surface area contributed by atoms with Crippen LogP contribution in [0.15, 0.2) is 0 Å². The minimum absolute atomic E-state index is 0. The van der Waals surface area contributed by atoms with Crippen molar-refractivity contribution in [1.82, 2.24) is 0 Å². The minimum Gasteiger partial charge on any atom is -1.00 e. The highest BCUT2D eigenvalue weighted by molar-refractivity contribution is 5.71. The van der Waals surface area contributed by atoms with Gasteiger partial charge in [-0.05, 0) is 6.92 Å². The summed E-state index contributed by atoms with van der Waals surface area (Å²) in [5.74, 6) is -0.0799. The van der Waals surface area contributed by atoms with Crippen LogP contribution in [0.2, 0.25) is 0 Å². The maximum absolute atomic E-state index is 10.9. The predicted octanol–water partition coefficient (Wildman–Crippen LogP) is -2.99. The highest BCUT2D eigenvalue weighted by Gasteiger charge is 2.31. The van der Waals surface area contributed by atoms with Crippen LogP contribution in [0.25, 0.3) is 0 Å². The summed E-state index contributed by atoms with van der Waals surface area (Å²) < 4.78 is 5.72. The topological polar surface area (TPSA) is 26.3 Å². The van der Waals surface area contributed by atoms with E-state index in [-0.39, 0.29) is 24.5 Å². The van der Waals surface area contributed by atoms with Crippen molar-refractivity contribution in [2.24, 2.45) is 0 Å². The molecule has 0 N–H and O–H groups in total. The Balaban J connectivity index is 0.000001000. The summed E-state index contributed by atoms with van der Waals surface area (Å²) in [6.07, 6.45) is 0.0799. The molecule has 1 aliphatic heterocycles. The molecule has 0 radical (unpaired) electrons. The van der Waals surface area contributed by atoms with Gasteiger partial charge in [-0.25, -0.2) is 4.79 Å². The molecular weight excluding hydrogens is 166 g/mol. The molecule has 0 saturated carbocycles. The molecule has 1 fully saturated rings. The predicted molar refractivity (Wildman–Crippen MR) is 37.4 cm³/mol. The number of hydrogen-bond acceptors (Lipinski definition) is 2. The average Bonchev–Trinajstić information content (AvgIpc) is 1.54. The van der Waals surface area contributed by atoms with Gasteiger partial charge in [0.15, 0.2) is 6.54 Å². The van der Waals surface area contributed by atoms with Crippen molar-refractivity contribution in [3.8, 4) is 0 Å². The van der Waals surface area contributed by atoms with Crippen LogP contribution >= 0.6 is 0 Å². The zero-order valence-corrected chi connectivity index (χ0v) is 7.89. The van der Waals surface area contributed by atoms with Gasteiger partial charge in [-0.15, -0.1) is 0 Å². The van der Waals surface area contributed by atoms with Gasteiger partial charge in [-0.1, -0.05) is 0 Å². The third-order valence-electron chi connectivity index (χ3n) is 1.64. The lowest BCUT2D eigenvalue weighted by molar-refractivity contribution is -0.890. The number of nitrogens with zero attached hydrogens (tertiary/aromatic N) is 1. The van der Waals surface area contributed by atoms with Crippen LogP contribution in [0.3, 0.4) is 0 Å². The summed E-state index contributed by atoms with van der Waals surface area (Å²) in [6, 6.07) is 0. The minimum atomic E-state index is -0.0799. The van der Waals surface area contributed by atoms with Gasteiger partial charge in [-0.2, -0.15) is 0 Å². The van der Waals surface area contributed by atoms with Crippen molar-refractivity contribution in [2.75, 3.05) is 27.2 Å². The third kappa shape index (κ3) is 3.08. The van der Waals surface area contributed by atoms with Crippen LogP contribution in [0.4, 0.5) is 0 Å². The second kappa shape index (κ2) is 3.41. The van der Waals surface area contributed by atoms with Gasteiger partial charge in [0, 0.05) is 0 Å². The Bertz CT molecular complexity index is 159. The first-order valence-corrected chi connectivity index (χ1v) is 3.51. The molecule has 4 heteroatoms. The molecule has 0 aromatic heterocycles. The van der Waals surface area contributed by atoms with Crippen LogP contribution in [-0.4, -0.2) is 43.7 Å². The molecule has 0 aromatic carbocycles. The van der Waals surface area contributed by atoms with Crippen LogP contribution < -0.4 is 12.4 Å². The quantitative estimate of drug-likeness (QED) is 0.293. The smallest absolute Gasteiger partial charge is 0.362 e. The van der Waals surface area contributed by atoms with E-state index in [9.17, 15) is 4.79 Å². The number of quaternary nitrogens is 1. The number of likely N-dealkylation sites (N-methyl/N-ethyl adjacent to an activating group) is 1. The normalized spacial score (nSPS) is 28.6. The van der Waals surface area contributed by atoms with Gasteiger partial charge < -0.3 is 21.6 Å². The molecule has 1 rings (SSSR count). The van der Waals surface area contributed by atoms with Crippen molar-refractivity contribution in [3.63, 3.8) is 0 Å². The van der Waals surface area contributed by atoms with E-state index >= 15 is 0 Å². The standard InChI is InChI=1S/C7H14NO2.ClH/c1-6-4-8(2,3)5-7(9)10-6;/h6H,4-5H2,1-3H3;1H/q+1;/p-1. The number of esters is 1. The molecule has 0 bridgehead atoms. The molecule has 1 aliphatic rings. The Morgan fingerprint density at radius 3 is 2.45 bits per heavy atom. The zero-order chi connectivity index (χ0) is 7.78. The fourth-order valence-electron chi connectivity index (χ4n) is 1.41. The molecule has 1 heterocycles. The number of halogens is 1. The maximum Gasteiger partial charge on any atom is 0.362 e. The molecule has 11 heavy (non-hydrogen) atoms. The first kappa shape index (κ1) is 10.7. The monoisotopic (exact) mass is 179 g/mol. The van der Waals surface area contributed by atoms with Crippen molar-refractivity contribution in [1.29, 1.82) is 0 Å². The molecule has 1 unspecified atom stereocenters. The number of hydrogen-bond donors (Lipinski definition) is 0. The van der Waals surface area contributed by atoms with Gasteiger partial charge in [0.05, 0.1) is 14.1 Å². The van der Waals surface area contributed by atoms with Crippen molar-refractivity contribution < 1.29 is 26.4 Å². The molecule has 3 nitrogen and oxygen atoms in total. The first-order valence-electron chi connectivity index (χ1n) is 3.51. The van der Waals surface area contributed by atoms with E-state index in [0.29, 0.717) is 6.54 Å². The van der Waals surface area contributed by atoms with Gasteiger partial charge >= 0.3 is 5.97 Å². The second-order valence-electron chi connectivity index (χ2n) is 3.58. The summed E-state index contributed by atoms with van der Waals surface area (Å²) in [5.41, 5.74) is 0. The van der Waals surface area contributed by atoms with E-state index in [0.717, 1.165) is 11.0 Å². The number of rotatable bonds is 0. The van der Waals surface area contributed by atoms with Crippen LogP contribution in [0.1, 0.15) is 6.92 Å². The molecule has 0 aliphatic carbocycles. The summed E-state index contributed by atoms with van der Waals surface area (Å²) in [7, 11) is 4.08. The van der Waals surface area contributed by atoms with Crippen LogP contribution in [0, 0.1) is 0 Å². The molecule has 0 amide bonds. The Morgan fingerprint density at radius 2 is 2.09 bits per heavy atom. The highest BCUT2D eigenvalue weighted by atomic mass is 35.5. The summed E-state index contributed by atoms with van der Waals surface area (Å²) >= 11 is 0. The lowest BCUT2D eigenvalue weighted by atomic mass is 10.3. The molecular formula is C7H14ClNO2. The van der Waals surface area contributed by atoms with Gasteiger partial charge in [-0.3, -0.25) is 0 Å². The Labute approximate surface area is 73.3 Å².